The Labute approximate surface area is 166 Å². The summed E-state index contributed by atoms with van der Waals surface area (Å²) in [5.74, 6) is 0.116. The summed E-state index contributed by atoms with van der Waals surface area (Å²) in [6.45, 7) is 4.02. The highest BCUT2D eigenvalue weighted by Gasteiger charge is 2.14. The van der Waals surface area contributed by atoms with E-state index in [-0.39, 0.29) is 11.7 Å². The summed E-state index contributed by atoms with van der Waals surface area (Å²) in [4.78, 5) is 20.9. The van der Waals surface area contributed by atoms with E-state index >= 15 is 0 Å². The molecule has 0 aliphatic heterocycles. The molecule has 0 unspecified atom stereocenters. The highest BCUT2D eigenvalue weighted by atomic mass is 32.2. The zero-order valence-electron chi connectivity index (χ0n) is 15.5. The van der Waals surface area contributed by atoms with E-state index in [0.29, 0.717) is 16.2 Å². The van der Waals surface area contributed by atoms with E-state index in [4.69, 9.17) is 0 Å². The highest BCUT2D eigenvalue weighted by molar-refractivity contribution is 8.00. The molecule has 2 aromatic heterocycles. The lowest BCUT2D eigenvalue weighted by molar-refractivity contribution is -0.113. The number of nitrogens with one attached hydrogen (secondary N) is 1. The molecule has 2 aromatic carbocycles. The maximum Gasteiger partial charge on any atom is 0.234 e. The number of rotatable bonds is 5. The largest absolute Gasteiger partial charge is 0.325 e. The summed E-state index contributed by atoms with van der Waals surface area (Å²) >= 11 is 1.31. The van der Waals surface area contributed by atoms with Gasteiger partial charge >= 0.3 is 0 Å². The zero-order valence-corrected chi connectivity index (χ0v) is 16.3. The standard InChI is InChI=1S/C20H18N6OS/c1-13-6-8-16(9-7-13)26-19-18(24-25-26)20(22-12-21-19)28-11-17(27)23-15-5-3-4-14(2)10-15/h3-10,12H,11H2,1-2H3,(H,23,27). The molecular formula is C20H18N6OS. The van der Waals surface area contributed by atoms with Crippen LogP contribution in [0.15, 0.2) is 59.9 Å². The van der Waals surface area contributed by atoms with Crippen molar-refractivity contribution in [3.8, 4) is 5.69 Å². The molecule has 0 aliphatic rings. The maximum absolute atomic E-state index is 12.3. The van der Waals surface area contributed by atoms with Gasteiger partial charge in [-0.15, -0.1) is 5.10 Å². The molecule has 1 amide bonds. The monoisotopic (exact) mass is 390 g/mol. The third-order valence-electron chi connectivity index (χ3n) is 4.12. The van der Waals surface area contributed by atoms with Crippen LogP contribution in [0.4, 0.5) is 5.69 Å². The van der Waals surface area contributed by atoms with E-state index < -0.39 is 0 Å². The fraction of sp³-hybridized carbons (Fsp3) is 0.150. The van der Waals surface area contributed by atoms with Gasteiger partial charge in [0.15, 0.2) is 11.2 Å². The fourth-order valence-corrected chi connectivity index (χ4v) is 3.48. The Balaban J connectivity index is 1.51. The van der Waals surface area contributed by atoms with Crippen LogP contribution in [0.25, 0.3) is 16.9 Å². The Kier molecular flexibility index (Phi) is 5.03. The second kappa shape index (κ2) is 7.77. The minimum atomic E-state index is -0.103. The van der Waals surface area contributed by atoms with Gasteiger partial charge in [-0.2, -0.15) is 4.68 Å². The summed E-state index contributed by atoms with van der Waals surface area (Å²) in [6, 6.07) is 15.6. The van der Waals surface area contributed by atoms with Crippen molar-refractivity contribution >= 4 is 34.5 Å². The van der Waals surface area contributed by atoms with Crippen molar-refractivity contribution in [3.63, 3.8) is 0 Å². The molecule has 4 rings (SSSR count). The van der Waals surface area contributed by atoms with Gasteiger partial charge in [-0.05, 0) is 43.7 Å². The van der Waals surface area contributed by atoms with Crippen molar-refractivity contribution < 1.29 is 4.79 Å². The van der Waals surface area contributed by atoms with Crippen LogP contribution in [0.3, 0.4) is 0 Å². The number of benzene rings is 2. The average molecular weight is 390 g/mol. The number of thioether (sulfide) groups is 1. The van der Waals surface area contributed by atoms with Gasteiger partial charge in [-0.1, -0.05) is 46.8 Å². The Morgan fingerprint density at radius 1 is 1.07 bits per heavy atom. The van der Waals surface area contributed by atoms with Gasteiger partial charge in [0.05, 0.1) is 11.4 Å². The molecule has 0 fully saturated rings. The van der Waals surface area contributed by atoms with Crippen LogP contribution < -0.4 is 5.32 Å². The van der Waals surface area contributed by atoms with Gasteiger partial charge in [0.1, 0.15) is 11.4 Å². The number of hydrogen-bond acceptors (Lipinski definition) is 6. The Morgan fingerprint density at radius 3 is 2.68 bits per heavy atom. The molecule has 0 aliphatic carbocycles. The molecule has 2 heterocycles. The first-order valence-corrected chi connectivity index (χ1v) is 9.71. The highest BCUT2D eigenvalue weighted by Crippen LogP contribution is 2.24. The van der Waals surface area contributed by atoms with Crippen molar-refractivity contribution in [2.45, 2.75) is 18.9 Å². The Morgan fingerprint density at radius 2 is 1.89 bits per heavy atom. The molecule has 28 heavy (non-hydrogen) atoms. The van der Waals surface area contributed by atoms with Crippen molar-refractivity contribution in [2.75, 3.05) is 11.1 Å². The topological polar surface area (TPSA) is 85.6 Å². The number of aryl methyl sites for hydroxylation is 2. The second-order valence-electron chi connectivity index (χ2n) is 6.39. The minimum Gasteiger partial charge on any atom is -0.325 e. The van der Waals surface area contributed by atoms with Crippen LogP contribution in [0.1, 0.15) is 11.1 Å². The molecule has 4 aromatic rings. The Bertz CT molecular complexity index is 1140. The SMILES string of the molecule is Cc1ccc(-n2nnc3c(SCC(=O)Nc4cccc(C)c4)ncnc32)cc1. The number of carbonyl (C=O) groups excluding carboxylic acids is 1. The third-order valence-corrected chi connectivity index (χ3v) is 5.10. The maximum atomic E-state index is 12.3. The van der Waals surface area contributed by atoms with Gasteiger partial charge in [0, 0.05) is 5.69 Å². The van der Waals surface area contributed by atoms with Crippen LogP contribution in [-0.2, 0) is 4.79 Å². The van der Waals surface area contributed by atoms with Gasteiger partial charge in [-0.25, -0.2) is 9.97 Å². The zero-order chi connectivity index (χ0) is 19.5. The first-order valence-electron chi connectivity index (χ1n) is 8.73. The van der Waals surface area contributed by atoms with Crippen molar-refractivity contribution in [1.82, 2.24) is 25.0 Å². The van der Waals surface area contributed by atoms with E-state index in [2.05, 4.69) is 25.6 Å². The lowest BCUT2D eigenvalue weighted by atomic mass is 10.2. The quantitative estimate of drug-likeness (QED) is 0.414. The van der Waals surface area contributed by atoms with Gasteiger partial charge in [0.2, 0.25) is 5.91 Å². The van der Waals surface area contributed by atoms with Crippen LogP contribution in [0.2, 0.25) is 0 Å². The first kappa shape index (κ1) is 18.1. The van der Waals surface area contributed by atoms with Crippen molar-refractivity contribution in [2.24, 2.45) is 0 Å². The smallest absolute Gasteiger partial charge is 0.234 e. The number of hydrogen-bond donors (Lipinski definition) is 1. The summed E-state index contributed by atoms with van der Waals surface area (Å²) in [5, 5.41) is 12.0. The first-order chi connectivity index (χ1) is 13.6. The molecule has 7 nitrogen and oxygen atoms in total. The predicted molar refractivity (Wildman–Crippen MR) is 110 cm³/mol. The number of anilines is 1. The Hall–Kier alpha value is -3.26. The number of fused-ring (bicyclic) bond motifs is 1. The van der Waals surface area contributed by atoms with Crippen LogP contribution in [-0.4, -0.2) is 36.6 Å². The lowest BCUT2D eigenvalue weighted by Crippen LogP contribution is -2.14. The number of carbonyl (C=O) groups is 1. The summed E-state index contributed by atoms with van der Waals surface area (Å²) < 4.78 is 1.67. The number of aromatic nitrogens is 5. The molecule has 0 radical (unpaired) electrons. The number of nitrogens with zero attached hydrogens (tertiary/aromatic N) is 5. The van der Waals surface area contributed by atoms with E-state index in [0.717, 1.165) is 16.9 Å². The van der Waals surface area contributed by atoms with E-state index in [1.807, 2.05) is 62.4 Å². The summed E-state index contributed by atoms with van der Waals surface area (Å²) in [7, 11) is 0. The van der Waals surface area contributed by atoms with Gasteiger partial charge in [-0.3, -0.25) is 4.79 Å². The summed E-state index contributed by atoms with van der Waals surface area (Å²) in [5.41, 5.74) is 5.11. The molecule has 0 spiro atoms. The van der Waals surface area contributed by atoms with Gasteiger partial charge in [0.25, 0.3) is 0 Å². The molecule has 8 heteroatoms. The van der Waals surface area contributed by atoms with Gasteiger partial charge < -0.3 is 5.32 Å². The third kappa shape index (κ3) is 3.86. The van der Waals surface area contributed by atoms with Crippen LogP contribution in [0, 0.1) is 13.8 Å². The lowest BCUT2D eigenvalue weighted by Gasteiger charge is -2.06. The molecule has 1 N–H and O–H groups in total. The van der Waals surface area contributed by atoms with Crippen LogP contribution in [0.5, 0.6) is 0 Å². The normalized spacial score (nSPS) is 10.9. The predicted octanol–water partition coefficient (Wildman–Crippen LogP) is 3.56. The fourth-order valence-electron chi connectivity index (χ4n) is 2.75. The second-order valence-corrected chi connectivity index (χ2v) is 7.36. The van der Waals surface area contributed by atoms with Crippen molar-refractivity contribution in [3.05, 3.63) is 66.0 Å². The van der Waals surface area contributed by atoms with E-state index in [1.54, 1.807) is 4.68 Å². The molecule has 0 atom stereocenters. The molecule has 0 saturated carbocycles. The molecular weight excluding hydrogens is 372 g/mol. The number of amides is 1. The minimum absolute atomic E-state index is 0.103. The van der Waals surface area contributed by atoms with E-state index in [9.17, 15) is 4.79 Å². The molecule has 0 saturated heterocycles. The average Bonchev–Trinajstić information content (AvgIpc) is 3.12. The van der Waals surface area contributed by atoms with Crippen LogP contribution >= 0.6 is 11.8 Å². The van der Waals surface area contributed by atoms with E-state index in [1.165, 1.54) is 23.7 Å². The van der Waals surface area contributed by atoms with Crippen molar-refractivity contribution in [1.29, 1.82) is 0 Å². The molecule has 0 bridgehead atoms. The summed E-state index contributed by atoms with van der Waals surface area (Å²) in [6.07, 6.45) is 1.47. The molecule has 140 valence electrons.